The molecule has 120 valence electrons. The average molecular weight is 353 g/mol. The number of quaternary nitrogens is 1. The predicted octanol–water partition coefficient (Wildman–Crippen LogP) is -1.49. The van der Waals surface area contributed by atoms with Crippen molar-refractivity contribution in [2.24, 2.45) is 0 Å². The van der Waals surface area contributed by atoms with Gasteiger partial charge in [0.25, 0.3) is 10.0 Å². The van der Waals surface area contributed by atoms with Crippen LogP contribution >= 0.6 is 11.6 Å². The average Bonchev–Trinajstić information content (AvgIpc) is 2.26. The molecule has 1 unspecified atom stereocenters. The third-order valence-electron chi connectivity index (χ3n) is 2.53. The fourth-order valence-electron chi connectivity index (χ4n) is 1.73. The molecule has 0 rings (SSSR count). The van der Waals surface area contributed by atoms with Gasteiger partial charge >= 0.3 is 16.1 Å². The van der Waals surface area contributed by atoms with Gasteiger partial charge < -0.3 is 10.4 Å². The van der Waals surface area contributed by atoms with Crippen molar-refractivity contribution in [1.29, 1.82) is 0 Å². The Morgan fingerprint density at radius 2 is 1.75 bits per heavy atom. The molecule has 0 saturated heterocycles. The maximum atomic E-state index is 12.1. The Kier molecular flexibility index (Phi) is 6.68. The Hall–Kier alpha value is -0.620. The van der Waals surface area contributed by atoms with Gasteiger partial charge in [-0.05, 0) is 4.41 Å². The number of amides is 2. The van der Waals surface area contributed by atoms with Gasteiger partial charge in [0.05, 0.1) is 25.0 Å². The van der Waals surface area contributed by atoms with E-state index in [4.69, 9.17) is 16.7 Å². The number of carbonyl (C=O) groups excluding carboxylic acids is 1. The minimum atomic E-state index is -4.22. The second-order valence-electron chi connectivity index (χ2n) is 4.00. The molecule has 12 heteroatoms. The minimum absolute atomic E-state index is 0.181. The molecular weight excluding hydrogens is 334 g/mol. The zero-order valence-corrected chi connectivity index (χ0v) is 13.8. The predicted molar refractivity (Wildman–Crippen MR) is 73.8 cm³/mol. The first-order chi connectivity index (χ1) is 8.97. The second-order valence-corrected chi connectivity index (χ2v) is 8.34. The SMILES string of the molecule is CNC(=O)N([N+](CCO)(CCCl)S(C)(=O)=O)S(C)(=O)=O. The molecule has 0 spiro atoms. The third-order valence-corrected chi connectivity index (χ3v) is 5.68. The van der Waals surface area contributed by atoms with Crippen molar-refractivity contribution in [2.75, 3.05) is 45.1 Å². The second kappa shape index (κ2) is 6.89. The number of nitrogens with zero attached hydrogens (tertiary/aromatic N) is 2. The summed E-state index contributed by atoms with van der Waals surface area (Å²) >= 11 is 5.55. The monoisotopic (exact) mass is 352 g/mol. The fourth-order valence-corrected chi connectivity index (χ4v) is 5.11. The fraction of sp³-hybridized carbons (Fsp3) is 0.875. The quantitative estimate of drug-likeness (QED) is 0.327. The molecule has 0 saturated carbocycles. The van der Waals surface area contributed by atoms with E-state index >= 15 is 0 Å². The van der Waals surface area contributed by atoms with Crippen LogP contribution in [0.4, 0.5) is 4.79 Å². The van der Waals surface area contributed by atoms with Gasteiger partial charge in [0, 0.05) is 7.05 Å². The first kappa shape index (κ1) is 19.4. The summed E-state index contributed by atoms with van der Waals surface area (Å²) < 4.78 is 46.7. The number of alkyl halides is 1. The number of halogens is 1. The molecule has 0 aromatic rings. The van der Waals surface area contributed by atoms with Gasteiger partial charge in [-0.2, -0.15) is 8.42 Å². The standard InChI is InChI=1S/C8H18ClN3O6S2/c1-10-8(14)11(19(2,15)16)12(5-4-9,6-7-13)20(3,17)18/h13H,4-7H2,1-3H3/p+1. The van der Waals surface area contributed by atoms with Crippen LogP contribution in [0.5, 0.6) is 0 Å². The van der Waals surface area contributed by atoms with Gasteiger partial charge in [0.1, 0.15) is 13.1 Å². The lowest BCUT2D eigenvalue weighted by Gasteiger charge is -2.39. The van der Waals surface area contributed by atoms with Gasteiger partial charge in [0.15, 0.2) is 0 Å². The molecule has 9 nitrogen and oxygen atoms in total. The van der Waals surface area contributed by atoms with E-state index in [-0.39, 0.29) is 16.8 Å². The third kappa shape index (κ3) is 3.95. The van der Waals surface area contributed by atoms with E-state index in [1.165, 1.54) is 0 Å². The van der Waals surface area contributed by atoms with Crippen LogP contribution in [0.2, 0.25) is 0 Å². The summed E-state index contributed by atoms with van der Waals surface area (Å²) in [4.78, 5) is 11.8. The van der Waals surface area contributed by atoms with Crippen molar-refractivity contribution in [1.82, 2.24) is 9.73 Å². The Labute approximate surface area is 123 Å². The maximum absolute atomic E-state index is 12.1. The van der Waals surface area contributed by atoms with Gasteiger partial charge in [-0.25, -0.2) is 13.2 Å². The zero-order valence-electron chi connectivity index (χ0n) is 11.4. The molecular formula is C8H19ClN3O6S2+. The molecule has 0 bridgehead atoms. The van der Waals surface area contributed by atoms with Crippen LogP contribution < -0.4 is 5.32 Å². The van der Waals surface area contributed by atoms with Crippen molar-refractivity contribution in [3.63, 3.8) is 0 Å². The number of nitrogens with one attached hydrogen (secondary N) is 1. The summed E-state index contributed by atoms with van der Waals surface area (Å²) in [5.74, 6) is -0.226. The number of hydrogen-bond donors (Lipinski definition) is 2. The molecule has 0 aromatic carbocycles. The molecule has 0 aliphatic heterocycles. The highest BCUT2D eigenvalue weighted by atomic mass is 35.5. The van der Waals surface area contributed by atoms with Gasteiger partial charge in [-0.3, -0.25) is 0 Å². The Bertz CT molecular complexity index is 541. The smallest absolute Gasteiger partial charge is 0.378 e. The van der Waals surface area contributed by atoms with E-state index in [0.717, 1.165) is 13.3 Å². The topological polar surface area (TPSA) is 121 Å². The normalized spacial score (nSPS) is 15.4. The number of aliphatic hydroxyl groups excluding tert-OH is 1. The summed E-state index contributed by atoms with van der Waals surface area (Å²) in [5, 5.41) is 11.2. The molecule has 0 fully saturated rings. The van der Waals surface area contributed by atoms with Crippen LogP contribution in [-0.4, -0.2) is 81.5 Å². The highest BCUT2D eigenvalue weighted by molar-refractivity contribution is 7.90. The van der Waals surface area contributed by atoms with Crippen LogP contribution in [0.15, 0.2) is 0 Å². The number of urea groups is 1. The zero-order chi connectivity index (χ0) is 16.2. The maximum Gasteiger partial charge on any atom is 0.378 e. The lowest BCUT2D eigenvalue weighted by molar-refractivity contribution is -0.890. The number of rotatable bonds is 7. The van der Waals surface area contributed by atoms with Crippen molar-refractivity contribution < 1.29 is 30.7 Å². The van der Waals surface area contributed by atoms with Crippen LogP contribution in [0.3, 0.4) is 0 Å². The molecule has 2 N–H and O–H groups in total. The summed E-state index contributed by atoms with van der Waals surface area (Å²) in [6.45, 7) is -1.56. The summed E-state index contributed by atoms with van der Waals surface area (Å²) in [7, 11) is -7.16. The summed E-state index contributed by atoms with van der Waals surface area (Å²) in [6, 6.07) is -1.13. The number of carbonyl (C=O) groups is 1. The largest absolute Gasteiger partial charge is 0.390 e. The van der Waals surface area contributed by atoms with E-state index in [9.17, 15) is 21.6 Å². The van der Waals surface area contributed by atoms with Crippen LogP contribution in [0, 0.1) is 0 Å². The van der Waals surface area contributed by atoms with Gasteiger partial charge in [-0.15, -0.1) is 11.6 Å². The molecule has 0 aliphatic carbocycles. The van der Waals surface area contributed by atoms with Crippen molar-refractivity contribution in [3.8, 4) is 0 Å². The number of sulfonamides is 2. The summed E-state index contributed by atoms with van der Waals surface area (Å²) in [5.41, 5.74) is 0. The number of hydrogen-bond acceptors (Lipinski definition) is 6. The lowest BCUT2D eigenvalue weighted by Crippen LogP contribution is -2.69. The van der Waals surface area contributed by atoms with Crippen molar-refractivity contribution >= 4 is 37.7 Å². The first-order valence-electron chi connectivity index (χ1n) is 5.44. The van der Waals surface area contributed by atoms with E-state index in [1.807, 2.05) is 0 Å². The minimum Gasteiger partial charge on any atom is -0.390 e. The van der Waals surface area contributed by atoms with E-state index in [2.05, 4.69) is 5.32 Å². The van der Waals surface area contributed by atoms with Crippen molar-refractivity contribution in [2.45, 2.75) is 0 Å². The van der Waals surface area contributed by atoms with Crippen LogP contribution in [-0.2, 0) is 20.0 Å². The molecule has 0 heterocycles. The lowest BCUT2D eigenvalue weighted by atomic mass is 10.6. The molecule has 0 aromatic heterocycles. The summed E-state index contributed by atoms with van der Waals surface area (Å²) in [6.07, 6.45) is 1.47. The van der Waals surface area contributed by atoms with E-state index in [1.54, 1.807) is 0 Å². The Balaban J connectivity index is 6.36. The van der Waals surface area contributed by atoms with Crippen molar-refractivity contribution in [3.05, 3.63) is 0 Å². The highest BCUT2D eigenvalue weighted by Gasteiger charge is 2.52. The van der Waals surface area contributed by atoms with Crippen LogP contribution in [0.1, 0.15) is 0 Å². The molecule has 0 radical (unpaired) electrons. The van der Waals surface area contributed by atoms with Gasteiger partial charge in [-0.1, -0.05) is 4.00 Å². The number of aliphatic hydroxyl groups is 1. The van der Waals surface area contributed by atoms with Gasteiger partial charge in [0.2, 0.25) is 0 Å². The van der Waals surface area contributed by atoms with E-state index in [0.29, 0.717) is 6.26 Å². The van der Waals surface area contributed by atoms with E-state index < -0.39 is 43.2 Å². The molecule has 2 amide bonds. The van der Waals surface area contributed by atoms with Crippen LogP contribution in [0.25, 0.3) is 0 Å². The molecule has 20 heavy (non-hydrogen) atoms. The highest BCUT2D eigenvalue weighted by Crippen LogP contribution is 2.23. The Morgan fingerprint density at radius 1 is 1.25 bits per heavy atom. The first-order valence-corrected chi connectivity index (χ1v) is 9.67. The molecule has 1 atom stereocenters. The molecule has 0 aliphatic rings. The Morgan fingerprint density at radius 3 is 2.00 bits per heavy atom.